The SMILES string of the molecule is Cn1c(-c2ccc(N3CCNCC3)cc2)c(-c2cncc(F)c2)c2c(Cl)ccnc21. The molecule has 0 unspecified atom stereocenters. The van der Waals surface area contributed by atoms with Crippen molar-refractivity contribution in [1.82, 2.24) is 19.9 Å². The lowest BCUT2D eigenvalue weighted by atomic mass is 9.99. The van der Waals surface area contributed by atoms with Crippen molar-refractivity contribution < 1.29 is 4.39 Å². The van der Waals surface area contributed by atoms with Crippen molar-refractivity contribution in [3.63, 3.8) is 0 Å². The van der Waals surface area contributed by atoms with Crippen molar-refractivity contribution >= 4 is 28.3 Å². The largest absolute Gasteiger partial charge is 0.369 e. The molecule has 0 radical (unpaired) electrons. The van der Waals surface area contributed by atoms with E-state index < -0.39 is 0 Å². The van der Waals surface area contributed by atoms with Crippen LogP contribution in [0.3, 0.4) is 0 Å². The Kier molecular flexibility index (Phi) is 4.89. The number of pyridine rings is 2. The van der Waals surface area contributed by atoms with E-state index in [9.17, 15) is 4.39 Å². The third-order valence-electron chi connectivity index (χ3n) is 5.64. The molecule has 152 valence electrons. The number of benzene rings is 1. The number of fused-ring (bicyclic) bond motifs is 1. The van der Waals surface area contributed by atoms with Gasteiger partial charge in [0, 0.05) is 67.8 Å². The monoisotopic (exact) mass is 421 g/mol. The smallest absolute Gasteiger partial charge is 0.142 e. The van der Waals surface area contributed by atoms with Crippen LogP contribution in [0.25, 0.3) is 33.4 Å². The van der Waals surface area contributed by atoms with Gasteiger partial charge in [0.1, 0.15) is 11.5 Å². The topological polar surface area (TPSA) is 46.0 Å². The van der Waals surface area contributed by atoms with Crippen molar-refractivity contribution in [1.29, 1.82) is 0 Å². The zero-order chi connectivity index (χ0) is 20.7. The van der Waals surface area contributed by atoms with E-state index in [1.54, 1.807) is 18.5 Å². The first-order valence-corrected chi connectivity index (χ1v) is 10.3. The molecule has 0 atom stereocenters. The number of halogens is 2. The minimum Gasteiger partial charge on any atom is -0.369 e. The molecule has 1 aliphatic rings. The molecule has 1 fully saturated rings. The van der Waals surface area contributed by atoms with Crippen molar-refractivity contribution in [2.75, 3.05) is 31.1 Å². The summed E-state index contributed by atoms with van der Waals surface area (Å²) in [5.41, 5.74) is 5.42. The molecule has 1 N–H and O–H groups in total. The number of aromatic nitrogens is 3. The number of anilines is 1. The molecular formula is C23H21ClFN5. The van der Waals surface area contributed by atoms with E-state index in [1.807, 2.05) is 11.6 Å². The second-order valence-electron chi connectivity index (χ2n) is 7.45. The van der Waals surface area contributed by atoms with Crippen molar-refractivity contribution in [3.8, 4) is 22.4 Å². The minimum atomic E-state index is -0.385. The van der Waals surface area contributed by atoms with E-state index in [0.717, 1.165) is 54.0 Å². The molecule has 0 spiro atoms. The maximum Gasteiger partial charge on any atom is 0.142 e. The molecule has 3 aromatic heterocycles. The van der Waals surface area contributed by atoms with Crippen molar-refractivity contribution in [2.24, 2.45) is 7.05 Å². The average molecular weight is 422 g/mol. The van der Waals surface area contributed by atoms with E-state index in [-0.39, 0.29) is 5.82 Å². The highest BCUT2D eigenvalue weighted by molar-refractivity contribution is 6.37. The van der Waals surface area contributed by atoms with Crippen LogP contribution < -0.4 is 10.2 Å². The zero-order valence-electron chi connectivity index (χ0n) is 16.6. The first kappa shape index (κ1) is 19.0. The van der Waals surface area contributed by atoms with Crippen LogP contribution in [0.5, 0.6) is 0 Å². The van der Waals surface area contributed by atoms with Crippen LogP contribution >= 0.6 is 11.6 Å². The van der Waals surface area contributed by atoms with Gasteiger partial charge in [-0.1, -0.05) is 23.7 Å². The first-order valence-electron chi connectivity index (χ1n) is 9.93. The number of rotatable bonds is 3. The lowest BCUT2D eigenvalue weighted by Crippen LogP contribution is -2.43. The summed E-state index contributed by atoms with van der Waals surface area (Å²) in [5.74, 6) is -0.385. The summed E-state index contributed by atoms with van der Waals surface area (Å²) in [6.45, 7) is 3.97. The molecule has 1 aromatic carbocycles. The second kappa shape index (κ2) is 7.70. The fourth-order valence-electron chi connectivity index (χ4n) is 4.23. The Labute approximate surface area is 179 Å². The lowest BCUT2D eigenvalue weighted by molar-refractivity contribution is 0.589. The number of nitrogens with one attached hydrogen (secondary N) is 1. The quantitative estimate of drug-likeness (QED) is 0.529. The third kappa shape index (κ3) is 3.22. The van der Waals surface area contributed by atoms with Gasteiger partial charge in [-0.25, -0.2) is 9.37 Å². The highest BCUT2D eigenvalue weighted by Crippen LogP contribution is 2.42. The molecule has 5 nitrogen and oxygen atoms in total. The molecule has 4 aromatic rings. The van der Waals surface area contributed by atoms with Crippen molar-refractivity contribution in [3.05, 3.63) is 65.8 Å². The molecule has 1 aliphatic heterocycles. The molecule has 0 saturated carbocycles. The number of hydrogen-bond acceptors (Lipinski definition) is 4. The first-order chi connectivity index (χ1) is 14.6. The number of nitrogens with zero attached hydrogens (tertiary/aromatic N) is 4. The molecule has 4 heterocycles. The second-order valence-corrected chi connectivity index (χ2v) is 7.86. The van der Waals surface area contributed by atoms with Gasteiger partial charge in [0.15, 0.2) is 0 Å². The molecular weight excluding hydrogens is 401 g/mol. The molecule has 0 aliphatic carbocycles. The highest BCUT2D eigenvalue weighted by atomic mass is 35.5. The Bertz CT molecular complexity index is 1210. The number of aryl methyl sites for hydroxylation is 1. The number of hydrogen-bond donors (Lipinski definition) is 1. The Morgan fingerprint density at radius 3 is 2.53 bits per heavy atom. The summed E-state index contributed by atoms with van der Waals surface area (Å²) >= 11 is 6.57. The van der Waals surface area contributed by atoms with E-state index >= 15 is 0 Å². The molecule has 1 saturated heterocycles. The van der Waals surface area contributed by atoms with Gasteiger partial charge in [-0.3, -0.25) is 4.98 Å². The molecule has 0 amide bonds. The van der Waals surface area contributed by atoms with E-state index in [1.165, 1.54) is 18.0 Å². The van der Waals surface area contributed by atoms with Gasteiger partial charge in [0.25, 0.3) is 0 Å². The summed E-state index contributed by atoms with van der Waals surface area (Å²) in [6, 6.07) is 11.7. The third-order valence-corrected chi connectivity index (χ3v) is 5.95. The number of piperazine rings is 1. The van der Waals surface area contributed by atoms with E-state index in [0.29, 0.717) is 10.6 Å². The highest BCUT2D eigenvalue weighted by Gasteiger charge is 2.22. The van der Waals surface area contributed by atoms with Crippen LogP contribution in [0.2, 0.25) is 5.02 Å². The van der Waals surface area contributed by atoms with Gasteiger partial charge >= 0.3 is 0 Å². The predicted molar refractivity (Wildman–Crippen MR) is 119 cm³/mol. The van der Waals surface area contributed by atoms with Gasteiger partial charge in [-0.2, -0.15) is 0 Å². The molecule has 30 heavy (non-hydrogen) atoms. The van der Waals surface area contributed by atoms with Gasteiger partial charge in [0.05, 0.1) is 16.9 Å². The summed E-state index contributed by atoms with van der Waals surface area (Å²) in [7, 11) is 1.96. The Hall–Kier alpha value is -2.96. The minimum absolute atomic E-state index is 0.385. The fraction of sp³-hybridized carbons (Fsp3) is 0.217. The van der Waals surface area contributed by atoms with Crippen molar-refractivity contribution in [2.45, 2.75) is 0 Å². The average Bonchev–Trinajstić information content (AvgIpc) is 3.08. The molecule has 7 heteroatoms. The Balaban J connectivity index is 1.70. The zero-order valence-corrected chi connectivity index (χ0v) is 17.3. The normalized spacial score (nSPS) is 14.4. The van der Waals surface area contributed by atoms with E-state index in [4.69, 9.17) is 11.6 Å². The van der Waals surface area contributed by atoms with Gasteiger partial charge < -0.3 is 14.8 Å². The van der Waals surface area contributed by atoms with Crippen LogP contribution in [0.4, 0.5) is 10.1 Å². The van der Waals surface area contributed by atoms with Crippen LogP contribution in [-0.2, 0) is 7.05 Å². The molecule has 5 rings (SSSR count). The van der Waals surface area contributed by atoms with Crippen LogP contribution in [-0.4, -0.2) is 40.7 Å². The maximum absolute atomic E-state index is 14.0. The Morgan fingerprint density at radius 1 is 1.03 bits per heavy atom. The fourth-order valence-corrected chi connectivity index (χ4v) is 4.46. The summed E-state index contributed by atoms with van der Waals surface area (Å²) in [4.78, 5) is 11.0. The summed E-state index contributed by atoms with van der Waals surface area (Å²) in [5, 5.41) is 4.76. The predicted octanol–water partition coefficient (Wildman–Crippen LogP) is 4.50. The van der Waals surface area contributed by atoms with Crippen LogP contribution in [0.15, 0.2) is 55.0 Å². The van der Waals surface area contributed by atoms with E-state index in [2.05, 4.69) is 44.5 Å². The summed E-state index contributed by atoms with van der Waals surface area (Å²) < 4.78 is 16.0. The Morgan fingerprint density at radius 2 is 1.80 bits per heavy atom. The van der Waals surface area contributed by atoms with Gasteiger partial charge in [-0.15, -0.1) is 0 Å². The lowest BCUT2D eigenvalue weighted by Gasteiger charge is -2.29. The molecule has 0 bridgehead atoms. The van der Waals surface area contributed by atoms with Gasteiger partial charge in [0.2, 0.25) is 0 Å². The van der Waals surface area contributed by atoms with Crippen LogP contribution in [0.1, 0.15) is 0 Å². The maximum atomic E-state index is 14.0. The van der Waals surface area contributed by atoms with Gasteiger partial charge in [-0.05, 0) is 29.8 Å². The standard InChI is InChI=1S/C23H21ClFN5/c1-29-22(15-2-4-18(5-3-15)30-10-8-26-9-11-30)20(16-12-17(25)14-27-13-16)21-19(24)6-7-28-23(21)29/h2-7,12-14,26H,8-11H2,1H3. The summed E-state index contributed by atoms with van der Waals surface area (Å²) in [6.07, 6.45) is 4.56. The van der Waals surface area contributed by atoms with Crippen LogP contribution in [0, 0.1) is 5.82 Å².